The van der Waals surface area contributed by atoms with Crippen LogP contribution < -0.4 is 10.9 Å². The maximum absolute atomic E-state index is 4.73. The van der Waals surface area contributed by atoms with E-state index in [0.29, 0.717) is 13.4 Å². The number of pyridine rings is 2. The predicted molar refractivity (Wildman–Crippen MR) is 125 cm³/mol. The van der Waals surface area contributed by atoms with Gasteiger partial charge in [-0.2, -0.15) is 0 Å². The number of rotatable bonds is 4. The van der Waals surface area contributed by atoms with Crippen molar-refractivity contribution in [2.45, 2.75) is 27.3 Å². The lowest BCUT2D eigenvalue weighted by Gasteiger charge is -2.20. The molecule has 2 aromatic heterocycles. The molecule has 0 saturated carbocycles. The second kappa shape index (κ2) is 7.63. The number of hydrogen-bond acceptors (Lipinski definition) is 2. The summed E-state index contributed by atoms with van der Waals surface area (Å²) in [5.74, 6) is 0. The molecule has 0 aliphatic carbocycles. The van der Waals surface area contributed by atoms with Gasteiger partial charge in [-0.15, -0.1) is 0 Å². The van der Waals surface area contributed by atoms with E-state index in [2.05, 4.69) is 75.8 Å². The fraction of sp³-hybridized carbons (Fsp3) is 0.167. The smallest absolute Gasteiger partial charge is 0.170 e. The number of fused-ring (bicyclic) bond motifs is 1. The first kappa shape index (κ1) is 18.5. The molecule has 0 radical (unpaired) electrons. The molecular formula is C24H24B2N2. The van der Waals surface area contributed by atoms with Gasteiger partial charge < -0.3 is 0 Å². The molecule has 4 rings (SSSR count). The van der Waals surface area contributed by atoms with Gasteiger partial charge in [0.25, 0.3) is 0 Å². The fourth-order valence-corrected chi connectivity index (χ4v) is 3.99. The molecular weight excluding hydrogens is 338 g/mol. The van der Waals surface area contributed by atoms with Crippen molar-refractivity contribution in [3.8, 4) is 22.5 Å². The van der Waals surface area contributed by atoms with E-state index in [-0.39, 0.29) is 0 Å². The average Bonchev–Trinajstić information content (AvgIpc) is 2.73. The van der Waals surface area contributed by atoms with Crippen LogP contribution in [-0.4, -0.2) is 23.4 Å². The van der Waals surface area contributed by atoms with Crippen LogP contribution in [0.15, 0.2) is 73.1 Å². The van der Waals surface area contributed by atoms with Crippen LogP contribution in [0.25, 0.3) is 33.3 Å². The zero-order valence-electron chi connectivity index (χ0n) is 17.0. The van der Waals surface area contributed by atoms with Gasteiger partial charge in [0.1, 0.15) is 0 Å². The first-order valence-corrected chi connectivity index (χ1v) is 10.00. The van der Waals surface area contributed by atoms with Crippen molar-refractivity contribution in [1.82, 2.24) is 9.97 Å². The molecule has 2 nitrogen and oxygen atoms in total. The molecule has 0 N–H and O–H groups in total. The van der Waals surface area contributed by atoms with Gasteiger partial charge in [-0.1, -0.05) is 74.6 Å². The second-order valence-electron chi connectivity index (χ2n) is 7.90. The van der Waals surface area contributed by atoms with E-state index >= 15 is 0 Å². The van der Waals surface area contributed by atoms with Gasteiger partial charge >= 0.3 is 0 Å². The quantitative estimate of drug-likeness (QED) is 0.484. The Labute approximate surface area is 168 Å². The summed E-state index contributed by atoms with van der Waals surface area (Å²) in [6.07, 6.45) is 3.76. The lowest BCUT2D eigenvalue weighted by Crippen LogP contribution is -2.28. The Balaban J connectivity index is 2.22. The highest BCUT2D eigenvalue weighted by molar-refractivity contribution is 6.74. The molecule has 4 heteroatoms. The number of aromatic nitrogens is 2. The van der Waals surface area contributed by atoms with Crippen LogP contribution in [0.1, 0.15) is 0 Å². The van der Waals surface area contributed by atoms with Crippen molar-refractivity contribution in [3.63, 3.8) is 0 Å². The average molecular weight is 362 g/mol. The largest absolute Gasteiger partial charge is 0.256 e. The van der Waals surface area contributed by atoms with E-state index in [0.717, 1.165) is 11.4 Å². The van der Waals surface area contributed by atoms with E-state index in [1.165, 1.54) is 32.8 Å². The van der Waals surface area contributed by atoms with Crippen molar-refractivity contribution in [2.24, 2.45) is 0 Å². The second-order valence-corrected chi connectivity index (χ2v) is 7.90. The lowest BCUT2D eigenvalue weighted by molar-refractivity contribution is 1.33. The third-order valence-corrected chi connectivity index (χ3v) is 5.34. The molecule has 136 valence electrons. The van der Waals surface area contributed by atoms with Crippen LogP contribution in [0.2, 0.25) is 27.3 Å². The standard InChI is InChI=1S/C24H24B2N2/c1-25(2)18-13-11-17-12-14-19(26(3)4)24(21-10-6-8-16-28-21)22(17)23(18)20-9-5-7-15-27-20/h5-16H,1-4H3. The molecule has 0 saturated heterocycles. The van der Waals surface area contributed by atoms with E-state index in [4.69, 9.17) is 9.97 Å². The Hall–Kier alpha value is -2.87. The highest BCUT2D eigenvalue weighted by Gasteiger charge is 2.21. The van der Waals surface area contributed by atoms with E-state index in [1.54, 1.807) is 0 Å². The maximum Gasteiger partial charge on any atom is 0.170 e. The van der Waals surface area contributed by atoms with Crippen molar-refractivity contribution >= 4 is 35.1 Å². The first-order chi connectivity index (χ1) is 13.6. The van der Waals surface area contributed by atoms with Gasteiger partial charge in [0, 0.05) is 23.5 Å². The summed E-state index contributed by atoms with van der Waals surface area (Å²) in [6, 6.07) is 21.3. The van der Waals surface area contributed by atoms with E-state index < -0.39 is 0 Å². The minimum absolute atomic E-state index is 0.403. The summed E-state index contributed by atoms with van der Waals surface area (Å²) in [7, 11) is 0. The van der Waals surface area contributed by atoms with Gasteiger partial charge in [-0.3, -0.25) is 9.97 Å². The highest BCUT2D eigenvalue weighted by atomic mass is 14.7. The number of hydrogen-bond donors (Lipinski definition) is 0. The maximum atomic E-state index is 4.73. The fourth-order valence-electron chi connectivity index (χ4n) is 3.99. The summed E-state index contributed by atoms with van der Waals surface area (Å²) >= 11 is 0. The predicted octanol–water partition coefficient (Wildman–Crippen LogP) is 4.89. The van der Waals surface area contributed by atoms with Gasteiger partial charge in [0.15, 0.2) is 13.4 Å². The molecule has 0 bridgehead atoms. The molecule has 0 aliphatic heterocycles. The minimum atomic E-state index is 0.403. The molecule has 2 heterocycles. The topological polar surface area (TPSA) is 25.8 Å². The molecule has 0 fully saturated rings. The normalized spacial score (nSPS) is 10.9. The van der Waals surface area contributed by atoms with Crippen LogP contribution in [0.3, 0.4) is 0 Å². The summed E-state index contributed by atoms with van der Waals surface area (Å²) in [5, 5.41) is 2.49. The zero-order valence-corrected chi connectivity index (χ0v) is 17.0. The van der Waals surface area contributed by atoms with Gasteiger partial charge in [0.05, 0.1) is 11.4 Å². The van der Waals surface area contributed by atoms with Crippen molar-refractivity contribution in [3.05, 3.63) is 73.1 Å². The van der Waals surface area contributed by atoms with Gasteiger partial charge in [-0.05, 0) is 35.0 Å². The summed E-state index contributed by atoms with van der Waals surface area (Å²) in [5.41, 5.74) is 7.16. The number of nitrogens with zero attached hydrogens (tertiary/aromatic N) is 2. The lowest BCUT2D eigenvalue weighted by atomic mass is 9.46. The Morgan fingerprint density at radius 2 is 1.04 bits per heavy atom. The number of benzene rings is 2. The molecule has 0 atom stereocenters. The Kier molecular flexibility index (Phi) is 5.04. The third kappa shape index (κ3) is 3.24. The molecule has 0 unspecified atom stereocenters. The van der Waals surface area contributed by atoms with Crippen LogP contribution in [0.5, 0.6) is 0 Å². The summed E-state index contributed by atoms with van der Waals surface area (Å²) in [6.45, 7) is 9.81. The van der Waals surface area contributed by atoms with Crippen molar-refractivity contribution < 1.29 is 0 Å². The van der Waals surface area contributed by atoms with Crippen LogP contribution in [0, 0.1) is 0 Å². The monoisotopic (exact) mass is 362 g/mol. The van der Waals surface area contributed by atoms with Crippen LogP contribution >= 0.6 is 0 Å². The highest BCUT2D eigenvalue weighted by Crippen LogP contribution is 2.34. The Morgan fingerprint density at radius 1 is 0.571 bits per heavy atom. The molecule has 2 aromatic carbocycles. The molecule has 0 aliphatic rings. The molecule has 0 spiro atoms. The van der Waals surface area contributed by atoms with Gasteiger partial charge in [-0.25, -0.2) is 0 Å². The summed E-state index contributed by atoms with van der Waals surface area (Å²) in [4.78, 5) is 9.46. The molecule has 0 amide bonds. The molecule has 4 aromatic rings. The van der Waals surface area contributed by atoms with Gasteiger partial charge in [0.2, 0.25) is 0 Å². The van der Waals surface area contributed by atoms with E-state index in [9.17, 15) is 0 Å². The van der Waals surface area contributed by atoms with E-state index in [1.807, 2.05) is 24.5 Å². The third-order valence-electron chi connectivity index (χ3n) is 5.34. The SMILES string of the molecule is CB(C)c1ccc2ccc(B(C)C)c(-c3ccccn3)c2c1-c1ccccn1. The summed E-state index contributed by atoms with van der Waals surface area (Å²) < 4.78 is 0. The van der Waals surface area contributed by atoms with Crippen molar-refractivity contribution in [2.75, 3.05) is 0 Å². The van der Waals surface area contributed by atoms with Crippen LogP contribution in [-0.2, 0) is 0 Å². The minimum Gasteiger partial charge on any atom is -0.256 e. The Morgan fingerprint density at radius 3 is 1.39 bits per heavy atom. The Bertz CT molecular complexity index is 1020. The van der Waals surface area contributed by atoms with Crippen LogP contribution in [0.4, 0.5) is 0 Å². The molecule has 28 heavy (non-hydrogen) atoms. The van der Waals surface area contributed by atoms with Crippen molar-refractivity contribution in [1.29, 1.82) is 0 Å². The first-order valence-electron chi connectivity index (χ1n) is 10.00. The zero-order chi connectivity index (χ0) is 19.7.